The molecule has 0 radical (unpaired) electrons. The summed E-state index contributed by atoms with van der Waals surface area (Å²) < 4.78 is 10.3. The zero-order chi connectivity index (χ0) is 16.0. The van der Waals surface area contributed by atoms with Crippen molar-refractivity contribution in [3.05, 3.63) is 34.3 Å². The molecule has 116 valence electrons. The summed E-state index contributed by atoms with van der Waals surface area (Å²) in [4.78, 5) is 24.2. The Morgan fingerprint density at radius 1 is 1.00 bits per heavy atom. The van der Waals surface area contributed by atoms with E-state index in [9.17, 15) is 9.59 Å². The highest BCUT2D eigenvalue weighted by molar-refractivity contribution is 6.34. The molecule has 0 aliphatic carbocycles. The highest BCUT2D eigenvalue weighted by Crippen LogP contribution is 2.22. The highest BCUT2D eigenvalue weighted by atomic mass is 35.5. The fourth-order valence-electron chi connectivity index (χ4n) is 1.54. The minimum Gasteiger partial charge on any atom is -0.462 e. The molecule has 0 N–H and O–H groups in total. The van der Waals surface area contributed by atoms with E-state index in [0.717, 1.165) is 0 Å². The van der Waals surface area contributed by atoms with E-state index >= 15 is 0 Å². The summed E-state index contributed by atoms with van der Waals surface area (Å²) >= 11 is 6.04. The quantitative estimate of drug-likeness (QED) is 0.746. The average molecular weight is 313 g/mol. The molecule has 1 aromatic carbocycles. The summed E-state index contributed by atoms with van der Waals surface area (Å²) in [5.74, 6) is -0.759. The zero-order valence-electron chi connectivity index (χ0n) is 12.8. The van der Waals surface area contributed by atoms with Crippen LogP contribution in [0.3, 0.4) is 0 Å². The lowest BCUT2D eigenvalue weighted by atomic mass is 10.1. The third-order valence-corrected chi connectivity index (χ3v) is 2.85. The lowest BCUT2D eigenvalue weighted by Crippen LogP contribution is -2.17. The fraction of sp³-hybridized carbons (Fsp3) is 0.500. The molecule has 0 aliphatic heterocycles. The Morgan fingerprint density at radius 2 is 1.52 bits per heavy atom. The first-order chi connectivity index (χ1) is 9.82. The molecule has 21 heavy (non-hydrogen) atoms. The number of hydrogen-bond acceptors (Lipinski definition) is 4. The third-order valence-electron chi connectivity index (χ3n) is 2.53. The number of ether oxygens (including phenoxy) is 2. The largest absolute Gasteiger partial charge is 0.462 e. The number of halogens is 1. The molecule has 0 unspecified atom stereocenters. The van der Waals surface area contributed by atoms with Crippen LogP contribution in [-0.4, -0.2) is 25.2 Å². The fourth-order valence-corrected chi connectivity index (χ4v) is 1.79. The van der Waals surface area contributed by atoms with Crippen molar-refractivity contribution in [2.45, 2.75) is 27.7 Å². The number of carbonyl (C=O) groups excluding carboxylic acids is 2. The highest BCUT2D eigenvalue weighted by Gasteiger charge is 2.23. The molecule has 0 aromatic heterocycles. The van der Waals surface area contributed by atoms with Gasteiger partial charge in [-0.15, -0.1) is 0 Å². The Hall–Kier alpha value is -1.55. The van der Waals surface area contributed by atoms with Gasteiger partial charge in [0, 0.05) is 0 Å². The standard InChI is InChI=1S/C16H21ClO4/c1-10(2)8-20-15(18)12-6-5-7-13(17)14(12)16(19)21-9-11(3)4/h5-7,10-11H,8-9H2,1-4H3. The van der Waals surface area contributed by atoms with Crippen LogP contribution in [0.2, 0.25) is 5.02 Å². The second-order valence-corrected chi connectivity index (χ2v) is 6.05. The molecular weight excluding hydrogens is 292 g/mol. The third kappa shape index (κ3) is 5.38. The van der Waals surface area contributed by atoms with Crippen molar-refractivity contribution in [3.63, 3.8) is 0 Å². The Bertz CT molecular complexity index is 509. The van der Waals surface area contributed by atoms with Crippen molar-refractivity contribution in [1.82, 2.24) is 0 Å². The maximum Gasteiger partial charge on any atom is 0.340 e. The molecule has 0 saturated heterocycles. The lowest BCUT2D eigenvalue weighted by molar-refractivity contribution is 0.0412. The molecule has 0 fully saturated rings. The van der Waals surface area contributed by atoms with Gasteiger partial charge < -0.3 is 9.47 Å². The molecule has 4 nitrogen and oxygen atoms in total. The van der Waals surface area contributed by atoms with Crippen LogP contribution in [0.4, 0.5) is 0 Å². The summed E-state index contributed by atoms with van der Waals surface area (Å²) in [6.45, 7) is 8.28. The molecule has 0 heterocycles. The van der Waals surface area contributed by atoms with Crippen LogP contribution in [0.5, 0.6) is 0 Å². The maximum atomic E-state index is 12.1. The van der Waals surface area contributed by atoms with Gasteiger partial charge in [-0.05, 0) is 24.0 Å². The van der Waals surface area contributed by atoms with E-state index < -0.39 is 11.9 Å². The monoisotopic (exact) mass is 312 g/mol. The molecule has 0 bridgehead atoms. The van der Waals surface area contributed by atoms with Crippen LogP contribution in [-0.2, 0) is 9.47 Å². The van der Waals surface area contributed by atoms with Crippen LogP contribution in [0, 0.1) is 11.8 Å². The minimum atomic E-state index is -0.606. The minimum absolute atomic E-state index is 0.0635. The first kappa shape index (κ1) is 17.5. The second kappa shape index (κ2) is 8.03. The van der Waals surface area contributed by atoms with Gasteiger partial charge in [0.2, 0.25) is 0 Å². The number of esters is 2. The summed E-state index contributed by atoms with van der Waals surface area (Å²) in [6, 6.07) is 4.67. The van der Waals surface area contributed by atoms with Crippen molar-refractivity contribution in [2.24, 2.45) is 11.8 Å². The normalized spacial score (nSPS) is 10.8. The van der Waals surface area contributed by atoms with Crippen LogP contribution in [0.1, 0.15) is 48.4 Å². The first-order valence-electron chi connectivity index (χ1n) is 6.95. The predicted octanol–water partition coefficient (Wildman–Crippen LogP) is 3.97. The number of benzene rings is 1. The summed E-state index contributed by atoms with van der Waals surface area (Å²) in [5, 5.41) is 0.183. The van der Waals surface area contributed by atoms with Gasteiger partial charge in [-0.1, -0.05) is 45.4 Å². The van der Waals surface area contributed by atoms with E-state index in [1.54, 1.807) is 12.1 Å². The van der Waals surface area contributed by atoms with Crippen LogP contribution in [0.15, 0.2) is 18.2 Å². The van der Waals surface area contributed by atoms with Crippen molar-refractivity contribution >= 4 is 23.5 Å². The summed E-state index contributed by atoms with van der Waals surface area (Å²) in [7, 11) is 0. The van der Waals surface area contributed by atoms with E-state index in [1.807, 2.05) is 27.7 Å². The Labute approximate surface area is 130 Å². The molecule has 0 aliphatic rings. The Morgan fingerprint density at radius 3 is 2.05 bits per heavy atom. The van der Waals surface area contributed by atoms with E-state index in [2.05, 4.69) is 0 Å². The second-order valence-electron chi connectivity index (χ2n) is 5.65. The van der Waals surface area contributed by atoms with Crippen LogP contribution >= 0.6 is 11.6 Å². The van der Waals surface area contributed by atoms with Gasteiger partial charge in [-0.3, -0.25) is 0 Å². The molecule has 0 atom stereocenters. The zero-order valence-corrected chi connectivity index (χ0v) is 13.6. The SMILES string of the molecule is CC(C)COC(=O)c1cccc(Cl)c1C(=O)OCC(C)C. The number of carbonyl (C=O) groups is 2. The van der Waals surface area contributed by atoms with Gasteiger partial charge in [0.1, 0.15) is 0 Å². The summed E-state index contributed by atoms with van der Waals surface area (Å²) in [6.07, 6.45) is 0. The van der Waals surface area contributed by atoms with Crippen molar-refractivity contribution in [3.8, 4) is 0 Å². The molecule has 1 aromatic rings. The topological polar surface area (TPSA) is 52.6 Å². The predicted molar refractivity (Wildman–Crippen MR) is 81.7 cm³/mol. The van der Waals surface area contributed by atoms with Gasteiger partial charge in [0.25, 0.3) is 0 Å². The van der Waals surface area contributed by atoms with Gasteiger partial charge in [0.15, 0.2) is 0 Å². The summed E-state index contributed by atoms with van der Waals surface area (Å²) in [5.41, 5.74) is 0.200. The molecule has 5 heteroatoms. The molecule has 0 amide bonds. The van der Waals surface area contributed by atoms with E-state index in [-0.39, 0.29) is 41.2 Å². The van der Waals surface area contributed by atoms with Crippen molar-refractivity contribution in [1.29, 1.82) is 0 Å². The van der Waals surface area contributed by atoms with Gasteiger partial charge in [0.05, 0.1) is 29.4 Å². The van der Waals surface area contributed by atoms with Gasteiger partial charge in [-0.25, -0.2) is 9.59 Å². The molecule has 0 spiro atoms. The number of hydrogen-bond donors (Lipinski definition) is 0. The van der Waals surface area contributed by atoms with Gasteiger partial charge >= 0.3 is 11.9 Å². The number of rotatable bonds is 6. The molecule has 1 rings (SSSR count). The van der Waals surface area contributed by atoms with Crippen molar-refractivity contribution < 1.29 is 19.1 Å². The average Bonchev–Trinajstić information content (AvgIpc) is 2.41. The van der Waals surface area contributed by atoms with E-state index in [1.165, 1.54) is 6.07 Å². The molecular formula is C16H21ClO4. The van der Waals surface area contributed by atoms with Gasteiger partial charge in [-0.2, -0.15) is 0 Å². The molecule has 0 saturated carbocycles. The van der Waals surface area contributed by atoms with E-state index in [0.29, 0.717) is 0 Å². The van der Waals surface area contributed by atoms with Crippen LogP contribution in [0.25, 0.3) is 0 Å². The first-order valence-corrected chi connectivity index (χ1v) is 7.33. The lowest BCUT2D eigenvalue weighted by Gasteiger charge is -2.13. The smallest absolute Gasteiger partial charge is 0.340 e. The maximum absolute atomic E-state index is 12.1. The van der Waals surface area contributed by atoms with E-state index in [4.69, 9.17) is 21.1 Å². The Balaban J connectivity index is 2.97. The van der Waals surface area contributed by atoms with Crippen LogP contribution < -0.4 is 0 Å². The Kier molecular flexibility index (Phi) is 6.69. The van der Waals surface area contributed by atoms with Crippen molar-refractivity contribution in [2.75, 3.05) is 13.2 Å².